The number of nitriles is 1. The molecule has 0 aliphatic carbocycles. The van der Waals surface area contributed by atoms with Crippen molar-refractivity contribution < 1.29 is 12.8 Å². The van der Waals surface area contributed by atoms with Crippen molar-refractivity contribution in [2.75, 3.05) is 19.0 Å². The van der Waals surface area contributed by atoms with Crippen molar-refractivity contribution in [2.45, 2.75) is 19.3 Å². The number of hydrogen-bond donors (Lipinski definition) is 1. The van der Waals surface area contributed by atoms with Crippen LogP contribution in [0.1, 0.15) is 30.4 Å². The van der Waals surface area contributed by atoms with Crippen LogP contribution in [-0.2, 0) is 10.0 Å². The standard InChI is InChI=1S/C19H21FN2O2S/c1-2-11-25(23,24)22-14-19(12-20)18-9-7-17(8-10-18)16-5-3-15(13-21)4-6-16/h3-10,19,22H,2,11-12,14H2,1H3. The molecule has 0 aromatic heterocycles. The van der Waals surface area contributed by atoms with Gasteiger partial charge in [0.25, 0.3) is 0 Å². The lowest BCUT2D eigenvalue weighted by Gasteiger charge is -2.15. The molecular formula is C19H21FN2O2S. The Hall–Kier alpha value is -2.23. The zero-order valence-electron chi connectivity index (χ0n) is 14.1. The Morgan fingerprint density at radius 3 is 2.12 bits per heavy atom. The van der Waals surface area contributed by atoms with Crippen LogP contribution in [0.25, 0.3) is 11.1 Å². The highest BCUT2D eigenvalue weighted by atomic mass is 32.2. The second-order valence-corrected chi connectivity index (χ2v) is 7.76. The fourth-order valence-electron chi connectivity index (χ4n) is 2.51. The Labute approximate surface area is 148 Å². The van der Waals surface area contributed by atoms with E-state index >= 15 is 0 Å². The molecule has 0 amide bonds. The van der Waals surface area contributed by atoms with Crippen LogP contribution in [-0.4, -0.2) is 27.4 Å². The highest BCUT2D eigenvalue weighted by molar-refractivity contribution is 7.89. The molecule has 0 saturated heterocycles. The summed E-state index contributed by atoms with van der Waals surface area (Å²) < 4.78 is 39.3. The maximum atomic E-state index is 13.3. The van der Waals surface area contributed by atoms with Gasteiger partial charge >= 0.3 is 0 Å². The number of nitrogens with zero attached hydrogens (tertiary/aromatic N) is 1. The van der Waals surface area contributed by atoms with Crippen LogP contribution in [0.2, 0.25) is 0 Å². The number of alkyl halides is 1. The van der Waals surface area contributed by atoms with E-state index in [9.17, 15) is 12.8 Å². The van der Waals surface area contributed by atoms with Gasteiger partial charge in [-0.2, -0.15) is 5.26 Å². The van der Waals surface area contributed by atoms with Crippen molar-refractivity contribution in [3.05, 3.63) is 59.7 Å². The van der Waals surface area contributed by atoms with Gasteiger partial charge in [0.05, 0.1) is 24.1 Å². The minimum absolute atomic E-state index is 0.0453. The van der Waals surface area contributed by atoms with Crippen LogP contribution >= 0.6 is 0 Å². The highest BCUT2D eigenvalue weighted by Crippen LogP contribution is 2.23. The van der Waals surface area contributed by atoms with E-state index in [-0.39, 0.29) is 12.3 Å². The Kier molecular flexibility index (Phi) is 6.68. The summed E-state index contributed by atoms with van der Waals surface area (Å²) in [6.07, 6.45) is 0.523. The largest absolute Gasteiger partial charge is 0.250 e. The molecule has 132 valence electrons. The molecule has 0 bridgehead atoms. The van der Waals surface area contributed by atoms with Crippen LogP contribution in [0.3, 0.4) is 0 Å². The number of benzene rings is 2. The third-order valence-corrected chi connectivity index (χ3v) is 5.49. The van der Waals surface area contributed by atoms with Crippen molar-refractivity contribution in [3.63, 3.8) is 0 Å². The van der Waals surface area contributed by atoms with Gasteiger partial charge in [0.15, 0.2) is 0 Å². The Morgan fingerprint density at radius 1 is 1.08 bits per heavy atom. The van der Waals surface area contributed by atoms with Gasteiger partial charge in [-0.15, -0.1) is 0 Å². The van der Waals surface area contributed by atoms with Gasteiger partial charge in [-0.05, 0) is 35.2 Å². The van der Waals surface area contributed by atoms with Gasteiger partial charge < -0.3 is 0 Å². The molecule has 1 unspecified atom stereocenters. The molecule has 2 rings (SSSR count). The average molecular weight is 360 g/mol. The van der Waals surface area contributed by atoms with Gasteiger partial charge in [0, 0.05) is 12.5 Å². The lowest BCUT2D eigenvalue weighted by atomic mass is 9.97. The van der Waals surface area contributed by atoms with E-state index in [0.29, 0.717) is 12.0 Å². The van der Waals surface area contributed by atoms with Crippen LogP contribution in [0.5, 0.6) is 0 Å². The van der Waals surface area contributed by atoms with E-state index in [0.717, 1.165) is 16.7 Å². The number of sulfonamides is 1. The van der Waals surface area contributed by atoms with Crippen molar-refractivity contribution in [3.8, 4) is 17.2 Å². The van der Waals surface area contributed by atoms with E-state index in [2.05, 4.69) is 10.8 Å². The van der Waals surface area contributed by atoms with Gasteiger partial charge in [-0.25, -0.2) is 13.1 Å². The first kappa shape index (κ1) is 19.1. The molecule has 0 spiro atoms. The first-order chi connectivity index (χ1) is 12.0. The minimum atomic E-state index is -3.35. The van der Waals surface area contributed by atoms with Crippen molar-refractivity contribution >= 4 is 10.0 Å². The lowest BCUT2D eigenvalue weighted by Crippen LogP contribution is -2.31. The predicted octanol–water partition coefficient (Wildman–Crippen LogP) is 3.61. The second kappa shape index (κ2) is 8.75. The summed E-state index contributed by atoms with van der Waals surface area (Å²) in [5, 5.41) is 8.83. The molecule has 0 saturated carbocycles. The highest BCUT2D eigenvalue weighted by Gasteiger charge is 2.16. The monoisotopic (exact) mass is 360 g/mol. The molecule has 4 nitrogen and oxygen atoms in total. The maximum Gasteiger partial charge on any atom is 0.211 e. The van der Waals surface area contributed by atoms with Crippen LogP contribution < -0.4 is 4.72 Å². The molecule has 0 radical (unpaired) electrons. The molecule has 1 N–H and O–H groups in total. The fraction of sp³-hybridized carbons (Fsp3) is 0.316. The third kappa shape index (κ3) is 5.38. The summed E-state index contributed by atoms with van der Waals surface area (Å²) in [7, 11) is -3.35. The molecule has 0 aliphatic rings. The average Bonchev–Trinajstić information content (AvgIpc) is 2.63. The topological polar surface area (TPSA) is 70.0 Å². The van der Waals surface area contributed by atoms with Gasteiger partial charge in [-0.1, -0.05) is 43.3 Å². The summed E-state index contributed by atoms with van der Waals surface area (Å²) in [6.45, 7) is 1.20. The minimum Gasteiger partial charge on any atom is -0.250 e. The first-order valence-corrected chi connectivity index (χ1v) is 9.78. The smallest absolute Gasteiger partial charge is 0.211 e. The number of rotatable bonds is 8. The van der Waals surface area contributed by atoms with Gasteiger partial charge in [-0.3, -0.25) is 4.39 Å². The van der Waals surface area contributed by atoms with Gasteiger partial charge in [0.2, 0.25) is 10.0 Å². The maximum absolute atomic E-state index is 13.3. The second-order valence-electron chi connectivity index (χ2n) is 5.83. The molecule has 0 fully saturated rings. The zero-order valence-corrected chi connectivity index (χ0v) is 14.9. The van der Waals surface area contributed by atoms with E-state index in [1.165, 1.54) is 0 Å². The van der Waals surface area contributed by atoms with Crippen LogP contribution in [0, 0.1) is 11.3 Å². The third-order valence-electron chi connectivity index (χ3n) is 3.94. The molecule has 1 atom stereocenters. The normalized spacial score (nSPS) is 12.5. The quantitative estimate of drug-likeness (QED) is 0.782. The van der Waals surface area contributed by atoms with Crippen LogP contribution in [0.4, 0.5) is 4.39 Å². The Balaban J connectivity index is 2.09. The summed E-state index contributed by atoms with van der Waals surface area (Å²) in [5.41, 5.74) is 3.26. The molecule has 2 aromatic rings. The number of nitrogens with one attached hydrogen (secondary N) is 1. The van der Waals surface area contributed by atoms with E-state index in [4.69, 9.17) is 5.26 Å². The summed E-state index contributed by atoms with van der Waals surface area (Å²) in [4.78, 5) is 0. The van der Waals surface area contributed by atoms with Crippen LogP contribution in [0.15, 0.2) is 48.5 Å². The molecular weight excluding hydrogens is 339 g/mol. The van der Waals surface area contributed by atoms with Crippen molar-refractivity contribution in [1.82, 2.24) is 4.72 Å². The predicted molar refractivity (Wildman–Crippen MR) is 97.4 cm³/mol. The van der Waals surface area contributed by atoms with E-state index in [1.54, 1.807) is 19.1 Å². The SMILES string of the molecule is CCCS(=O)(=O)NCC(CF)c1ccc(-c2ccc(C#N)cc2)cc1. The van der Waals surface area contributed by atoms with Crippen molar-refractivity contribution in [1.29, 1.82) is 5.26 Å². The summed E-state index contributed by atoms with van der Waals surface area (Å²) >= 11 is 0. The first-order valence-electron chi connectivity index (χ1n) is 8.13. The summed E-state index contributed by atoms with van der Waals surface area (Å²) in [6, 6.07) is 16.7. The summed E-state index contributed by atoms with van der Waals surface area (Å²) in [5.74, 6) is -0.467. The molecule has 6 heteroatoms. The number of halogens is 1. The molecule has 0 aliphatic heterocycles. The molecule has 2 aromatic carbocycles. The Morgan fingerprint density at radius 2 is 1.64 bits per heavy atom. The van der Waals surface area contributed by atoms with E-state index < -0.39 is 22.6 Å². The molecule has 0 heterocycles. The Bertz CT molecular complexity index is 825. The zero-order chi connectivity index (χ0) is 18.3. The van der Waals surface area contributed by atoms with Gasteiger partial charge in [0.1, 0.15) is 0 Å². The number of hydrogen-bond acceptors (Lipinski definition) is 3. The van der Waals surface area contributed by atoms with E-state index in [1.807, 2.05) is 36.4 Å². The van der Waals surface area contributed by atoms with Crippen molar-refractivity contribution in [2.24, 2.45) is 0 Å². The fourth-order valence-corrected chi connectivity index (χ4v) is 3.65. The molecule has 25 heavy (non-hydrogen) atoms. The lowest BCUT2D eigenvalue weighted by molar-refractivity contribution is 0.427.